The van der Waals surface area contributed by atoms with Gasteiger partial charge in [-0.3, -0.25) is 0 Å². The largest absolute Gasteiger partial charge is 0.468 e. The molecule has 4 nitrogen and oxygen atoms in total. The summed E-state index contributed by atoms with van der Waals surface area (Å²) >= 11 is 11.0. The van der Waals surface area contributed by atoms with Gasteiger partial charge in [0.05, 0.1) is 5.54 Å². The smallest absolute Gasteiger partial charge is 0.254 e. The van der Waals surface area contributed by atoms with Crippen molar-refractivity contribution in [2.45, 2.75) is 104 Å². The molecule has 1 aromatic rings. The molecule has 6 heteroatoms. The van der Waals surface area contributed by atoms with Gasteiger partial charge in [0.15, 0.2) is 5.05 Å². The van der Waals surface area contributed by atoms with Crippen molar-refractivity contribution < 1.29 is 9.47 Å². The Morgan fingerprint density at radius 2 is 1.66 bits per heavy atom. The van der Waals surface area contributed by atoms with Crippen molar-refractivity contribution in [1.82, 2.24) is 0 Å². The quantitative estimate of drug-likeness (QED) is 0.273. The van der Waals surface area contributed by atoms with Crippen molar-refractivity contribution in [3.8, 4) is 5.75 Å². The summed E-state index contributed by atoms with van der Waals surface area (Å²) in [5.74, 6) is 0.727. The molecule has 0 saturated heterocycles. The van der Waals surface area contributed by atoms with Gasteiger partial charge in [-0.05, 0) is 73.1 Å². The van der Waals surface area contributed by atoms with Crippen LogP contribution in [0.25, 0.3) is 0 Å². The minimum atomic E-state index is -0.765. The highest BCUT2D eigenvalue weighted by molar-refractivity contribution is 7.80. The SMILES string of the molecule is CCCCCCCCC(N)(C(=S)Oc1ccccc1)C1(C)CC(OC(N)=S)CC(C)(C)C1. The van der Waals surface area contributed by atoms with Gasteiger partial charge in [0.2, 0.25) is 0 Å². The predicted molar refractivity (Wildman–Crippen MR) is 142 cm³/mol. The first-order valence-electron chi connectivity index (χ1n) is 12.0. The molecule has 0 aromatic heterocycles. The number of benzene rings is 1. The van der Waals surface area contributed by atoms with Crippen molar-refractivity contribution >= 4 is 34.7 Å². The van der Waals surface area contributed by atoms with Gasteiger partial charge < -0.3 is 20.9 Å². The fraction of sp³-hybridized carbons (Fsp3) is 0.692. The maximum Gasteiger partial charge on any atom is 0.254 e. The van der Waals surface area contributed by atoms with Crippen LogP contribution in [0.15, 0.2) is 30.3 Å². The van der Waals surface area contributed by atoms with Crippen LogP contribution in [0.5, 0.6) is 5.75 Å². The van der Waals surface area contributed by atoms with E-state index in [4.69, 9.17) is 45.4 Å². The molecule has 0 spiro atoms. The standard InChI is InChI=1S/C26H42N2O2S2/c1-5-6-7-8-9-13-16-26(28,22(31)29-20-14-11-10-12-15-20)25(4)18-21(30-23(27)32)17-24(2,3)19-25/h10-12,14-15,21H,5-9,13,16-19,28H2,1-4H3,(H2,27,32). The minimum absolute atomic E-state index is 0.0244. The van der Waals surface area contributed by atoms with Crippen LogP contribution in [0.3, 0.4) is 0 Å². The van der Waals surface area contributed by atoms with Crippen LogP contribution in [0.4, 0.5) is 0 Å². The zero-order chi connectivity index (χ0) is 23.8. The monoisotopic (exact) mass is 478 g/mol. The van der Waals surface area contributed by atoms with Crippen molar-refractivity contribution in [2.24, 2.45) is 22.3 Å². The lowest BCUT2D eigenvalue weighted by atomic mass is 9.55. The highest BCUT2D eigenvalue weighted by Gasteiger charge is 2.55. The van der Waals surface area contributed by atoms with E-state index in [1.807, 2.05) is 30.3 Å². The molecule has 0 radical (unpaired) electrons. The van der Waals surface area contributed by atoms with Crippen LogP contribution in [0.2, 0.25) is 0 Å². The molecule has 3 unspecified atom stereocenters. The van der Waals surface area contributed by atoms with Gasteiger partial charge in [0.1, 0.15) is 11.9 Å². The van der Waals surface area contributed by atoms with Crippen molar-refractivity contribution in [2.75, 3.05) is 0 Å². The molecule has 2 rings (SSSR count). The molecule has 0 bridgehead atoms. The Kier molecular flexibility index (Phi) is 9.92. The summed E-state index contributed by atoms with van der Waals surface area (Å²) in [6.07, 6.45) is 10.5. The third-order valence-corrected chi connectivity index (χ3v) is 7.47. The molecule has 0 heterocycles. The maximum absolute atomic E-state index is 7.27. The molecule has 0 amide bonds. The second kappa shape index (κ2) is 11.8. The number of hydrogen-bond donors (Lipinski definition) is 2. The number of rotatable bonds is 11. The van der Waals surface area contributed by atoms with Gasteiger partial charge in [-0.2, -0.15) is 0 Å². The summed E-state index contributed by atoms with van der Waals surface area (Å²) in [5.41, 5.74) is 12.0. The van der Waals surface area contributed by atoms with Crippen molar-refractivity contribution in [3.63, 3.8) is 0 Å². The molecule has 0 aliphatic heterocycles. The van der Waals surface area contributed by atoms with Crippen LogP contribution in [0, 0.1) is 10.8 Å². The number of nitrogens with two attached hydrogens (primary N) is 2. The van der Waals surface area contributed by atoms with E-state index in [1.165, 1.54) is 25.7 Å². The molecular weight excluding hydrogens is 436 g/mol. The van der Waals surface area contributed by atoms with E-state index in [0.29, 0.717) is 5.05 Å². The average molecular weight is 479 g/mol. The number of ether oxygens (including phenoxy) is 2. The van der Waals surface area contributed by atoms with E-state index in [2.05, 4.69) is 27.7 Å². The predicted octanol–water partition coefficient (Wildman–Crippen LogP) is 6.69. The first-order valence-corrected chi connectivity index (χ1v) is 12.9. The molecular formula is C26H42N2O2S2. The maximum atomic E-state index is 7.27. The molecule has 1 fully saturated rings. The Bertz CT molecular complexity index is 755. The fourth-order valence-electron chi connectivity index (χ4n) is 5.50. The van der Waals surface area contributed by atoms with E-state index >= 15 is 0 Å². The van der Waals surface area contributed by atoms with E-state index < -0.39 is 5.54 Å². The number of unbranched alkanes of at least 4 members (excludes halogenated alkanes) is 5. The second-order valence-corrected chi connectivity index (χ2v) is 11.3. The van der Waals surface area contributed by atoms with Crippen LogP contribution >= 0.6 is 24.4 Å². The van der Waals surface area contributed by atoms with Gasteiger partial charge in [-0.25, -0.2) is 0 Å². The summed E-state index contributed by atoms with van der Waals surface area (Å²) in [5, 5.41) is 0.559. The number of thiocarbonyl (C=S) groups is 2. The van der Waals surface area contributed by atoms with E-state index in [1.54, 1.807) is 0 Å². The van der Waals surface area contributed by atoms with E-state index in [0.717, 1.165) is 44.3 Å². The zero-order valence-electron chi connectivity index (χ0n) is 20.3. The molecule has 1 aromatic carbocycles. The summed E-state index contributed by atoms with van der Waals surface area (Å²) < 4.78 is 12.0. The molecule has 1 aliphatic carbocycles. The highest BCUT2D eigenvalue weighted by atomic mass is 32.1. The highest BCUT2D eigenvalue weighted by Crippen LogP contribution is 2.53. The van der Waals surface area contributed by atoms with Gasteiger partial charge in [-0.1, -0.05) is 84.4 Å². The number of para-hydroxylation sites is 1. The molecule has 32 heavy (non-hydrogen) atoms. The topological polar surface area (TPSA) is 70.5 Å². The molecule has 1 aliphatic rings. The lowest BCUT2D eigenvalue weighted by Gasteiger charge is -2.54. The number of hydrogen-bond acceptors (Lipinski definition) is 5. The van der Waals surface area contributed by atoms with Gasteiger partial charge in [0, 0.05) is 0 Å². The third kappa shape index (κ3) is 7.39. The van der Waals surface area contributed by atoms with Crippen molar-refractivity contribution in [3.05, 3.63) is 30.3 Å². The third-order valence-electron chi connectivity index (χ3n) is 6.93. The van der Waals surface area contributed by atoms with Gasteiger partial charge in [0.25, 0.3) is 5.17 Å². The van der Waals surface area contributed by atoms with Gasteiger partial charge >= 0.3 is 0 Å². The summed E-state index contributed by atoms with van der Waals surface area (Å²) in [6, 6.07) is 9.69. The summed E-state index contributed by atoms with van der Waals surface area (Å²) in [6.45, 7) is 8.99. The van der Waals surface area contributed by atoms with E-state index in [-0.39, 0.29) is 22.1 Å². The lowest BCUT2D eigenvalue weighted by Crippen LogP contribution is -2.64. The molecule has 1 saturated carbocycles. The summed E-state index contributed by atoms with van der Waals surface area (Å²) in [4.78, 5) is 0. The van der Waals surface area contributed by atoms with Crippen molar-refractivity contribution in [1.29, 1.82) is 0 Å². The Hall–Kier alpha value is -1.24. The van der Waals surface area contributed by atoms with Gasteiger partial charge in [-0.15, -0.1) is 0 Å². The first kappa shape index (κ1) is 27.0. The Balaban J connectivity index is 2.27. The second-order valence-electron chi connectivity index (χ2n) is 10.6. The van der Waals surface area contributed by atoms with Crippen LogP contribution < -0.4 is 16.2 Å². The first-order chi connectivity index (χ1) is 15.0. The van der Waals surface area contributed by atoms with Crippen LogP contribution in [-0.4, -0.2) is 21.9 Å². The Labute approximate surface area is 205 Å². The van der Waals surface area contributed by atoms with E-state index in [9.17, 15) is 0 Å². The Morgan fingerprint density at radius 1 is 1.03 bits per heavy atom. The Morgan fingerprint density at radius 3 is 2.28 bits per heavy atom. The lowest BCUT2D eigenvalue weighted by molar-refractivity contribution is -0.0305. The molecule has 180 valence electrons. The summed E-state index contributed by atoms with van der Waals surface area (Å²) in [7, 11) is 0. The average Bonchev–Trinajstić information content (AvgIpc) is 2.69. The molecule has 3 atom stereocenters. The zero-order valence-corrected chi connectivity index (χ0v) is 22.0. The molecule has 4 N–H and O–H groups in total. The van der Waals surface area contributed by atoms with Crippen LogP contribution in [0.1, 0.15) is 91.9 Å². The fourth-order valence-corrected chi connectivity index (χ4v) is 6.08. The van der Waals surface area contributed by atoms with Crippen LogP contribution in [-0.2, 0) is 4.74 Å². The minimum Gasteiger partial charge on any atom is -0.468 e. The normalized spacial score (nSPS) is 24.3.